The fourth-order valence-corrected chi connectivity index (χ4v) is 3.12. The Labute approximate surface area is 117 Å². The van der Waals surface area contributed by atoms with E-state index in [-0.39, 0.29) is 5.91 Å². The van der Waals surface area contributed by atoms with Gasteiger partial charge in [0.2, 0.25) is 5.91 Å². The minimum Gasteiger partial charge on any atom is -0.340 e. The number of rotatable bonds is 7. The zero-order chi connectivity index (χ0) is 14.1. The van der Waals surface area contributed by atoms with E-state index in [0.717, 1.165) is 32.2 Å². The number of amides is 1. The van der Waals surface area contributed by atoms with Gasteiger partial charge < -0.3 is 10.6 Å². The van der Waals surface area contributed by atoms with Crippen LogP contribution >= 0.6 is 0 Å². The van der Waals surface area contributed by atoms with E-state index in [2.05, 4.69) is 17.7 Å². The van der Waals surface area contributed by atoms with Gasteiger partial charge in [0.05, 0.1) is 0 Å². The molecule has 0 aliphatic heterocycles. The number of hydrogen-bond donors (Lipinski definition) is 1. The van der Waals surface area contributed by atoms with E-state index in [4.69, 9.17) is 12.2 Å². The molecule has 2 N–H and O–H groups in total. The van der Waals surface area contributed by atoms with Gasteiger partial charge in [-0.1, -0.05) is 12.8 Å². The van der Waals surface area contributed by atoms with Crippen LogP contribution in [0.3, 0.4) is 0 Å². The first kappa shape index (κ1) is 16.0. The van der Waals surface area contributed by atoms with Gasteiger partial charge >= 0.3 is 0 Å². The van der Waals surface area contributed by atoms with Crippen molar-refractivity contribution >= 4 is 5.91 Å². The zero-order valence-electron chi connectivity index (χ0n) is 12.2. The molecular weight excluding hydrogens is 236 g/mol. The molecule has 0 radical (unpaired) electrons. The summed E-state index contributed by atoms with van der Waals surface area (Å²) < 4.78 is 0. The molecule has 0 spiro atoms. The zero-order valence-corrected chi connectivity index (χ0v) is 12.2. The summed E-state index contributed by atoms with van der Waals surface area (Å²) in [5.41, 5.74) is 5.87. The smallest absolute Gasteiger partial charge is 0.222 e. The molecule has 19 heavy (non-hydrogen) atoms. The van der Waals surface area contributed by atoms with Crippen molar-refractivity contribution in [1.29, 1.82) is 0 Å². The van der Waals surface area contributed by atoms with Gasteiger partial charge in [-0.3, -0.25) is 4.79 Å². The molecule has 0 aromatic heterocycles. The van der Waals surface area contributed by atoms with Crippen LogP contribution in [0.15, 0.2) is 0 Å². The SMILES string of the molecule is C#CCCCCC(=O)N(CC)C1CCCCC1CN. The third-order valence-electron chi connectivity index (χ3n) is 4.19. The highest BCUT2D eigenvalue weighted by molar-refractivity contribution is 5.76. The predicted molar refractivity (Wildman–Crippen MR) is 79.5 cm³/mol. The summed E-state index contributed by atoms with van der Waals surface area (Å²) in [6, 6.07) is 0.365. The number of carbonyl (C=O) groups excluding carboxylic acids is 1. The topological polar surface area (TPSA) is 46.3 Å². The Morgan fingerprint density at radius 1 is 1.37 bits per heavy atom. The van der Waals surface area contributed by atoms with Gasteiger partial charge in [-0.15, -0.1) is 12.3 Å². The third-order valence-corrected chi connectivity index (χ3v) is 4.19. The Morgan fingerprint density at radius 3 is 2.74 bits per heavy atom. The molecule has 0 saturated heterocycles. The first-order chi connectivity index (χ1) is 9.24. The molecule has 2 unspecified atom stereocenters. The van der Waals surface area contributed by atoms with E-state index < -0.39 is 0 Å². The molecule has 0 heterocycles. The Kier molecular flexibility index (Phi) is 7.59. The van der Waals surface area contributed by atoms with E-state index in [0.29, 0.717) is 24.9 Å². The summed E-state index contributed by atoms with van der Waals surface area (Å²) in [6.45, 7) is 3.57. The van der Waals surface area contributed by atoms with Crippen LogP contribution in [-0.2, 0) is 4.79 Å². The third kappa shape index (κ3) is 4.87. The standard InChI is InChI=1S/C16H28N2O/c1-3-5-6-7-12-16(19)18(4-2)15-11-9-8-10-14(15)13-17/h1,14-15H,4-13,17H2,2H3. The highest BCUT2D eigenvalue weighted by Crippen LogP contribution is 2.28. The van der Waals surface area contributed by atoms with Crippen molar-refractivity contribution < 1.29 is 4.79 Å². The number of terminal acetylenes is 1. The molecular formula is C16H28N2O. The highest BCUT2D eigenvalue weighted by atomic mass is 16.2. The Hall–Kier alpha value is -1.01. The second-order valence-electron chi connectivity index (χ2n) is 5.44. The Morgan fingerprint density at radius 2 is 2.11 bits per heavy atom. The predicted octanol–water partition coefficient (Wildman–Crippen LogP) is 2.55. The van der Waals surface area contributed by atoms with Gasteiger partial charge in [0.15, 0.2) is 0 Å². The molecule has 1 aliphatic carbocycles. The van der Waals surface area contributed by atoms with Gasteiger partial charge in [0.1, 0.15) is 0 Å². The minimum absolute atomic E-state index is 0.282. The van der Waals surface area contributed by atoms with E-state index >= 15 is 0 Å². The van der Waals surface area contributed by atoms with Crippen LogP contribution in [0.5, 0.6) is 0 Å². The lowest BCUT2D eigenvalue weighted by Crippen LogP contribution is -2.47. The molecule has 1 rings (SSSR count). The van der Waals surface area contributed by atoms with Crippen LogP contribution in [0.2, 0.25) is 0 Å². The molecule has 3 heteroatoms. The molecule has 1 amide bonds. The number of nitrogens with two attached hydrogens (primary N) is 1. The number of hydrogen-bond acceptors (Lipinski definition) is 2. The van der Waals surface area contributed by atoms with Crippen molar-refractivity contribution in [3.8, 4) is 12.3 Å². The van der Waals surface area contributed by atoms with Crippen LogP contribution in [-0.4, -0.2) is 29.9 Å². The molecule has 1 aliphatic rings. The normalized spacial score (nSPS) is 22.8. The summed E-state index contributed by atoms with van der Waals surface area (Å²) in [4.78, 5) is 14.4. The fourth-order valence-electron chi connectivity index (χ4n) is 3.12. The molecule has 0 aromatic rings. The second kappa shape index (κ2) is 8.98. The lowest BCUT2D eigenvalue weighted by atomic mass is 9.83. The quantitative estimate of drug-likeness (QED) is 0.567. The van der Waals surface area contributed by atoms with Crippen molar-refractivity contribution in [2.24, 2.45) is 11.7 Å². The van der Waals surface area contributed by atoms with Crippen molar-refractivity contribution in [2.75, 3.05) is 13.1 Å². The summed E-state index contributed by atoms with van der Waals surface area (Å²) in [5, 5.41) is 0. The van der Waals surface area contributed by atoms with Crippen LogP contribution in [0.4, 0.5) is 0 Å². The number of nitrogens with zero attached hydrogens (tertiary/aromatic N) is 1. The van der Waals surface area contributed by atoms with Crippen LogP contribution in [0.1, 0.15) is 58.3 Å². The van der Waals surface area contributed by atoms with Crippen LogP contribution in [0.25, 0.3) is 0 Å². The molecule has 0 aromatic carbocycles. The second-order valence-corrected chi connectivity index (χ2v) is 5.44. The van der Waals surface area contributed by atoms with E-state index in [1.165, 1.54) is 19.3 Å². The monoisotopic (exact) mass is 264 g/mol. The Balaban J connectivity index is 2.50. The highest BCUT2D eigenvalue weighted by Gasteiger charge is 2.30. The van der Waals surface area contributed by atoms with E-state index in [1.807, 2.05) is 0 Å². The number of carbonyl (C=O) groups is 1. The Bertz CT molecular complexity index is 308. The van der Waals surface area contributed by atoms with Crippen molar-refractivity contribution in [1.82, 2.24) is 4.90 Å². The van der Waals surface area contributed by atoms with Crippen molar-refractivity contribution in [2.45, 2.75) is 64.3 Å². The molecule has 1 fully saturated rings. The molecule has 3 nitrogen and oxygen atoms in total. The summed E-state index contributed by atoms with van der Waals surface area (Å²) in [7, 11) is 0. The van der Waals surface area contributed by atoms with Gasteiger partial charge in [0, 0.05) is 25.4 Å². The summed E-state index contributed by atoms with van der Waals surface area (Å²) in [5.74, 6) is 3.39. The summed E-state index contributed by atoms with van der Waals surface area (Å²) >= 11 is 0. The van der Waals surface area contributed by atoms with Gasteiger partial charge in [-0.05, 0) is 45.1 Å². The fraction of sp³-hybridized carbons (Fsp3) is 0.812. The van der Waals surface area contributed by atoms with Crippen molar-refractivity contribution in [3.05, 3.63) is 0 Å². The maximum absolute atomic E-state index is 12.3. The van der Waals surface area contributed by atoms with Crippen LogP contribution in [0, 0.1) is 18.3 Å². The average Bonchev–Trinajstić information content (AvgIpc) is 2.45. The largest absolute Gasteiger partial charge is 0.340 e. The minimum atomic E-state index is 0.282. The van der Waals surface area contributed by atoms with Gasteiger partial charge in [-0.2, -0.15) is 0 Å². The molecule has 2 atom stereocenters. The van der Waals surface area contributed by atoms with Gasteiger partial charge in [0.25, 0.3) is 0 Å². The average molecular weight is 264 g/mol. The molecule has 1 saturated carbocycles. The first-order valence-corrected chi connectivity index (χ1v) is 7.67. The van der Waals surface area contributed by atoms with Gasteiger partial charge in [-0.25, -0.2) is 0 Å². The van der Waals surface area contributed by atoms with E-state index in [9.17, 15) is 4.79 Å². The summed E-state index contributed by atoms with van der Waals surface area (Å²) in [6.07, 6.45) is 13.2. The molecule has 108 valence electrons. The first-order valence-electron chi connectivity index (χ1n) is 7.67. The van der Waals surface area contributed by atoms with Crippen LogP contribution < -0.4 is 5.73 Å². The lowest BCUT2D eigenvalue weighted by Gasteiger charge is -2.39. The maximum Gasteiger partial charge on any atom is 0.222 e. The van der Waals surface area contributed by atoms with Crippen molar-refractivity contribution in [3.63, 3.8) is 0 Å². The lowest BCUT2D eigenvalue weighted by molar-refractivity contribution is -0.135. The maximum atomic E-state index is 12.3. The van der Waals surface area contributed by atoms with E-state index in [1.54, 1.807) is 0 Å². The number of unbranched alkanes of at least 4 members (excludes halogenated alkanes) is 2. The molecule has 0 bridgehead atoms.